The highest BCUT2D eigenvalue weighted by atomic mass is 16.2. The molecule has 1 fully saturated rings. The average Bonchev–Trinajstić information content (AvgIpc) is 3.26. The van der Waals surface area contributed by atoms with Gasteiger partial charge in [0.1, 0.15) is 11.3 Å². The van der Waals surface area contributed by atoms with E-state index in [0.717, 1.165) is 43.0 Å². The highest BCUT2D eigenvalue weighted by molar-refractivity contribution is 5.96. The highest BCUT2D eigenvalue weighted by Crippen LogP contribution is 2.17. The van der Waals surface area contributed by atoms with Crippen molar-refractivity contribution in [3.63, 3.8) is 0 Å². The Morgan fingerprint density at radius 2 is 1.77 bits per heavy atom. The van der Waals surface area contributed by atoms with Crippen LogP contribution in [0.15, 0.2) is 67.5 Å². The lowest BCUT2D eigenvalue weighted by Crippen LogP contribution is -2.49. The van der Waals surface area contributed by atoms with Crippen molar-refractivity contribution in [1.29, 1.82) is 0 Å². The number of hydrogen-bond donors (Lipinski definition) is 0. The quantitative estimate of drug-likeness (QED) is 0.500. The third kappa shape index (κ3) is 4.09. The third-order valence-electron chi connectivity index (χ3n) is 5.63. The molecule has 0 N–H and O–H groups in total. The minimum atomic E-state index is -0.00738. The smallest absolute Gasteiger partial charge is 0.255 e. The normalized spacial score (nSPS) is 14.2. The zero-order valence-electron chi connectivity index (χ0n) is 17.1. The number of amides is 1. The lowest BCUT2D eigenvalue weighted by molar-refractivity contribution is 0.0746. The summed E-state index contributed by atoms with van der Waals surface area (Å²) in [7, 11) is 0. The maximum atomic E-state index is 13.0. The zero-order chi connectivity index (χ0) is 21.0. The van der Waals surface area contributed by atoms with Gasteiger partial charge in [-0.3, -0.25) is 9.78 Å². The number of pyridine rings is 1. The van der Waals surface area contributed by atoms with Gasteiger partial charge in [-0.05, 0) is 18.1 Å². The molecule has 4 heterocycles. The van der Waals surface area contributed by atoms with Gasteiger partial charge in [-0.2, -0.15) is 0 Å². The van der Waals surface area contributed by atoms with Crippen molar-refractivity contribution in [1.82, 2.24) is 29.4 Å². The van der Waals surface area contributed by atoms with Crippen LogP contribution in [-0.4, -0.2) is 61.5 Å². The number of aromatic nitrogens is 5. The Bertz CT molecular complexity index is 1170. The van der Waals surface area contributed by atoms with Crippen LogP contribution in [0, 0.1) is 0 Å². The molecular weight excluding hydrogens is 390 g/mol. The number of imidazole rings is 1. The molecule has 31 heavy (non-hydrogen) atoms. The summed E-state index contributed by atoms with van der Waals surface area (Å²) >= 11 is 0. The number of anilines is 1. The fourth-order valence-corrected chi connectivity index (χ4v) is 3.90. The number of hydrogen-bond acceptors (Lipinski definition) is 6. The van der Waals surface area contributed by atoms with E-state index in [1.54, 1.807) is 31.1 Å². The Morgan fingerprint density at radius 3 is 2.55 bits per heavy atom. The second-order valence-electron chi connectivity index (χ2n) is 7.58. The predicted octanol–water partition coefficient (Wildman–Crippen LogP) is 2.43. The van der Waals surface area contributed by atoms with Crippen LogP contribution in [0.3, 0.4) is 0 Å². The summed E-state index contributed by atoms with van der Waals surface area (Å²) in [6, 6.07) is 12.2. The summed E-state index contributed by atoms with van der Waals surface area (Å²) in [5.74, 6) is 0.839. The fraction of sp³-hybridized carbons (Fsp3) is 0.261. The first kappa shape index (κ1) is 19.2. The molecule has 0 radical (unpaired) electrons. The number of aryl methyl sites for hydroxylation is 2. The van der Waals surface area contributed by atoms with Crippen LogP contribution in [0.25, 0.3) is 11.2 Å². The molecule has 4 aromatic rings. The van der Waals surface area contributed by atoms with Crippen LogP contribution in [0.1, 0.15) is 15.9 Å². The average molecular weight is 413 g/mol. The molecule has 1 amide bonds. The van der Waals surface area contributed by atoms with E-state index in [0.29, 0.717) is 18.7 Å². The van der Waals surface area contributed by atoms with Crippen molar-refractivity contribution in [3.05, 3.63) is 78.6 Å². The minimum absolute atomic E-state index is 0.00738. The molecule has 8 nitrogen and oxygen atoms in total. The lowest BCUT2D eigenvalue weighted by atomic mass is 10.1. The molecule has 0 saturated carbocycles. The van der Waals surface area contributed by atoms with Crippen molar-refractivity contribution < 1.29 is 4.79 Å². The standard InChI is InChI=1S/C23H23N7O/c31-23(29-12-10-28(11-13-29)21-16-24-7-8-25-21)19-14-20-22(26-15-19)30(17-27-20)9-6-18-4-2-1-3-5-18/h1-5,7-8,14-17H,6,9-13H2. The van der Waals surface area contributed by atoms with Crippen molar-refractivity contribution >= 4 is 22.9 Å². The van der Waals surface area contributed by atoms with Gasteiger partial charge in [0.25, 0.3) is 5.91 Å². The van der Waals surface area contributed by atoms with Crippen LogP contribution < -0.4 is 4.90 Å². The first-order valence-corrected chi connectivity index (χ1v) is 10.4. The molecule has 1 aliphatic heterocycles. The molecule has 0 atom stereocenters. The zero-order valence-corrected chi connectivity index (χ0v) is 17.1. The Hall–Kier alpha value is -3.81. The van der Waals surface area contributed by atoms with E-state index < -0.39 is 0 Å². The van der Waals surface area contributed by atoms with Crippen molar-refractivity contribution in [2.45, 2.75) is 13.0 Å². The van der Waals surface area contributed by atoms with Crippen LogP contribution in [0.2, 0.25) is 0 Å². The maximum absolute atomic E-state index is 13.0. The number of nitrogens with zero attached hydrogens (tertiary/aromatic N) is 7. The number of fused-ring (bicyclic) bond motifs is 1. The Kier molecular flexibility index (Phi) is 5.26. The number of benzene rings is 1. The van der Waals surface area contributed by atoms with E-state index in [2.05, 4.69) is 37.0 Å². The second kappa shape index (κ2) is 8.51. The van der Waals surface area contributed by atoms with E-state index in [1.807, 2.05) is 33.7 Å². The van der Waals surface area contributed by atoms with Crippen molar-refractivity contribution in [2.75, 3.05) is 31.1 Å². The fourth-order valence-electron chi connectivity index (χ4n) is 3.90. The summed E-state index contributed by atoms with van der Waals surface area (Å²) in [6.07, 6.45) is 9.48. The second-order valence-corrected chi connectivity index (χ2v) is 7.58. The molecular formula is C23H23N7O. The molecule has 0 aliphatic carbocycles. The largest absolute Gasteiger partial charge is 0.352 e. The molecule has 1 saturated heterocycles. The first-order chi connectivity index (χ1) is 15.3. The van der Waals surface area contributed by atoms with Crippen LogP contribution >= 0.6 is 0 Å². The maximum Gasteiger partial charge on any atom is 0.255 e. The summed E-state index contributed by atoms with van der Waals surface area (Å²) in [4.78, 5) is 34.5. The molecule has 156 valence electrons. The summed E-state index contributed by atoms with van der Waals surface area (Å²) in [5.41, 5.74) is 3.41. The SMILES string of the molecule is O=C(c1cnc2c(c1)ncn2CCc1ccccc1)N1CCN(c2cnccn2)CC1. The number of carbonyl (C=O) groups excluding carboxylic acids is 1. The number of piperazine rings is 1. The highest BCUT2D eigenvalue weighted by Gasteiger charge is 2.23. The molecule has 0 spiro atoms. The van der Waals surface area contributed by atoms with Crippen molar-refractivity contribution in [3.8, 4) is 0 Å². The summed E-state index contributed by atoms with van der Waals surface area (Å²) < 4.78 is 2.04. The molecule has 8 heteroatoms. The van der Waals surface area contributed by atoms with Crippen LogP contribution in [-0.2, 0) is 13.0 Å². The number of rotatable bonds is 5. The van der Waals surface area contributed by atoms with Gasteiger partial charge >= 0.3 is 0 Å². The molecule has 5 rings (SSSR count). The van der Waals surface area contributed by atoms with E-state index in [1.165, 1.54) is 5.56 Å². The monoisotopic (exact) mass is 413 g/mol. The van der Waals surface area contributed by atoms with Gasteiger partial charge in [-0.25, -0.2) is 15.0 Å². The Balaban J connectivity index is 1.25. The number of carbonyl (C=O) groups is 1. The van der Waals surface area contributed by atoms with Gasteiger partial charge in [0, 0.05) is 51.3 Å². The Morgan fingerprint density at radius 1 is 0.935 bits per heavy atom. The molecule has 1 aliphatic rings. The van der Waals surface area contributed by atoms with Gasteiger partial charge < -0.3 is 14.4 Å². The summed E-state index contributed by atoms with van der Waals surface area (Å²) in [6.45, 7) is 3.53. The van der Waals surface area contributed by atoms with Gasteiger partial charge in [0.05, 0.1) is 18.1 Å². The van der Waals surface area contributed by atoms with Crippen LogP contribution in [0.5, 0.6) is 0 Å². The molecule has 0 bridgehead atoms. The van der Waals surface area contributed by atoms with E-state index in [-0.39, 0.29) is 5.91 Å². The van der Waals surface area contributed by atoms with Crippen molar-refractivity contribution in [2.24, 2.45) is 0 Å². The Labute approximate surface area is 180 Å². The lowest BCUT2D eigenvalue weighted by Gasteiger charge is -2.35. The van der Waals surface area contributed by atoms with E-state index in [4.69, 9.17) is 0 Å². The van der Waals surface area contributed by atoms with Crippen LogP contribution in [0.4, 0.5) is 5.82 Å². The molecule has 3 aromatic heterocycles. The van der Waals surface area contributed by atoms with Gasteiger partial charge in [0.2, 0.25) is 0 Å². The first-order valence-electron chi connectivity index (χ1n) is 10.4. The van der Waals surface area contributed by atoms with E-state index >= 15 is 0 Å². The summed E-state index contributed by atoms with van der Waals surface area (Å²) in [5, 5.41) is 0. The minimum Gasteiger partial charge on any atom is -0.352 e. The third-order valence-corrected chi connectivity index (χ3v) is 5.63. The molecule has 0 unspecified atom stereocenters. The van der Waals surface area contributed by atoms with Gasteiger partial charge in [-0.15, -0.1) is 0 Å². The predicted molar refractivity (Wildman–Crippen MR) is 118 cm³/mol. The topological polar surface area (TPSA) is 80.0 Å². The molecule has 1 aromatic carbocycles. The van der Waals surface area contributed by atoms with E-state index in [9.17, 15) is 4.79 Å². The van der Waals surface area contributed by atoms with Gasteiger partial charge in [-0.1, -0.05) is 30.3 Å². The van der Waals surface area contributed by atoms with Gasteiger partial charge in [0.15, 0.2) is 5.65 Å².